The van der Waals surface area contributed by atoms with Crippen LogP contribution < -0.4 is 10.5 Å². The first-order valence-electron chi connectivity index (χ1n) is 7.48. The Bertz CT molecular complexity index is 392. The van der Waals surface area contributed by atoms with E-state index in [2.05, 4.69) is 4.72 Å². The molecule has 7 heteroatoms. The van der Waals surface area contributed by atoms with Gasteiger partial charge in [-0.05, 0) is 32.1 Å². The van der Waals surface area contributed by atoms with Crippen LogP contribution in [0.15, 0.2) is 0 Å². The van der Waals surface area contributed by atoms with E-state index in [0.29, 0.717) is 25.8 Å². The van der Waals surface area contributed by atoms with Gasteiger partial charge in [0.15, 0.2) is 0 Å². The van der Waals surface area contributed by atoms with Crippen LogP contribution >= 0.6 is 0 Å². The standard InChI is InChI=1S/C13H27N3O3S/c1-2-3-11-20(18,19)15-8-6-7-12(14)13(17)16-9-4-5-10-16/h12,15H,2-11,14H2,1H3/t12-/m0/s1. The van der Waals surface area contributed by atoms with Gasteiger partial charge in [0.25, 0.3) is 0 Å². The molecule has 1 atom stereocenters. The van der Waals surface area contributed by atoms with E-state index >= 15 is 0 Å². The van der Waals surface area contributed by atoms with Crippen molar-refractivity contribution in [2.24, 2.45) is 5.73 Å². The van der Waals surface area contributed by atoms with Gasteiger partial charge in [-0.1, -0.05) is 13.3 Å². The van der Waals surface area contributed by atoms with Crippen molar-refractivity contribution in [3.8, 4) is 0 Å². The SMILES string of the molecule is CCCCS(=O)(=O)NCCC[C@H](N)C(=O)N1CCCC1. The Labute approximate surface area is 122 Å². The number of carbonyl (C=O) groups excluding carboxylic acids is 1. The zero-order chi connectivity index (χ0) is 15.0. The van der Waals surface area contributed by atoms with E-state index in [9.17, 15) is 13.2 Å². The fourth-order valence-corrected chi connectivity index (χ4v) is 3.52. The second-order valence-corrected chi connectivity index (χ2v) is 7.27. The third-order valence-electron chi connectivity index (χ3n) is 3.52. The third kappa shape index (κ3) is 6.19. The molecule has 0 aromatic rings. The zero-order valence-corrected chi connectivity index (χ0v) is 13.1. The molecule has 1 saturated heterocycles. The number of carbonyl (C=O) groups is 1. The molecular weight excluding hydrogens is 278 g/mol. The van der Waals surface area contributed by atoms with Crippen LogP contribution in [0.5, 0.6) is 0 Å². The molecule has 20 heavy (non-hydrogen) atoms. The van der Waals surface area contributed by atoms with Crippen molar-refractivity contribution in [3.05, 3.63) is 0 Å². The number of hydrogen-bond donors (Lipinski definition) is 2. The number of amides is 1. The first kappa shape index (κ1) is 17.4. The maximum Gasteiger partial charge on any atom is 0.239 e. The summed E-state index contributed by atoms with van der Waals surface area (Å²) in [7, 11) is -3.16. The van der Waals surface area contributed by atoms with Crippen LogP contribution in [-0.4, -0.2) is 50.7 Å². The lowest BCUT2D eigenvalue weighted by Crippen LogP contribution is -2.42. The molecule has 1 fully saturated rings. The lowest BCUT2D eigenvalue weighted by Gasteiger charge is -2.20. The topological polar surface area (TPSA) is 92.5 Å². The minimum Gasteiger partial charge on any atom is -0.341 e. The van der Waals surface area contributed by atoms with Crippen LogP contribution in [0.2, 0.25) is 0 Å². The van der Waals surface area contributed by atoms with E-state index in [4.69, 9.17) is 5.73 Å². The van der Waals surface area contributed by atoms with E-state index in [1.165, 1.54) is 0 Å². The van der Waals surface area contributed by atoms with Crippen LogP contribution in [0.1, 0.15) is 45.4 Å². The van der Waals surface area contributed by atoms with Gasteiger partial charge in [0.05, 0.1) is 11.8 Å². The van der Waals surface area contributed by atoms with Crippen molar-refractivity contribution in [1.29, 1.82) is 0 Å². The monoisotopic (exact) mass is 305 g/mol. The predicted octanol–water partition coefficient (Wildman–Crippen LogP) is 0.436. The lowest BCUT2D eigenvalue weighted by molar-refractivity contribution is -0.131. The molecule has 0 unspecified atom stereocenters. The minimum atomic E-state index is -3.16. The quantitative estimate of drug-likeness (QED) is 0.604. The third-order valence-corrected chi connectivity index (χ3v) is 4.99. The van der Waals surface area contributed by atoms with E-state index in [0.717, 1.165) is 32.4 Å². The lowest BCUT2D eigenvalue weighted by atomic mass is 10.1. The van der Waals surface area contributed by atoms with Crippen LogP contribution in [-0.2, 0) is 14.8 Å². The van der Waals surface area contributed by atoms with Gasteiger partial charge in [0, 0.05) is 19.6 Å². The molecule has 0 saturated carbocycles. The molecule has 6 nitrogen and oxygen atoms in total. The summed E-state index contributed by atoms with van der Waals surface area (Å²) in [6.45, 7) is 3.91. The fraction of sp³-hybridized carbons (Fsp3) is 0.923. The summed E-state index contributed by atoms with van der Waals surface area (Å²) in [4.78, 5) is 13.7. The Kier molecular flexibility index (Phi) is 7.47. The van der Waals surface area contributed by atoms with Gasteiger partial charge in [-0.15, -0.1) is 0 Å². The van der Waals surface area contributed by atoms with Gasteiger partial charge in [0.1, 0.15) is 0 Å². The predicted molar refractivity (Wildman–Crippen MR) is 79.7 cm³/mol. The normalized spacial score (nSPS) is 17.4. The van der Waals surface area contributed by atoms with E-state index in [1.54, 1.807) is 4.90 Å². The molecule has 1 aliphatic rings. The Morgan fingerprint density at radius 3 is 2.55 bits per heavy atom. The van der Waals surface area contributed by atoms with Crippen molar-refractivity contribution >= 4 is 15.9 Å². The number of sulfonamides is 1. The van der Waals surface area contributed by atoms with Crippen LogP contribution in [0, 0.1) is 0 Å². The molecule has 0 spiro atoms. The molecule has 3 N–H and O–H groups in total. The van der Waals surface area contributed by atoms with E-state index in [-0.39, 0.29) is 11.7 Å². The number of unbranched alkanes of at least 4 members (excludes halogenated alkanes) is 1. The van der Waals surface area contributed by atoms with Gasteiger partial charge in [-0.25, -0.2) is 13.1 Å². The highest BCUT2D eigenvalue weighted by molar-refractivity contribution is 7.89. The van der Waals surface area contributed by atoms with Crippen molar-refractivity contribution in [1.82, 2.24) is 9.62 Å². The average molecular weight is 305 g/mol. The average Bonchev–Trinajstić information content (AvgIpc) is 2.94. The first-order chi connectivity index (χ1) is 9.46. The molecule has 0 bridgehead atoms. The number of nitrogens with zero attached hydrogens (tertiary/aromatic N) is 1. The van der Waals surface area contributed by atoms with E-state index in [1.807, 2.05) is 6.92 Å². The van der Waals surface area contributed by atoms with Crippen molar-refractivity contribution < 1.29 is 13.2 Å². The number of likely N-dealkylation sites (tertiary alicyclic amines) is 1. The smallest absolute Gasteiger partial charge is 0.239 e. The van der Waals surface area contributed by atoms with Gasteiger partial charge in [0.2, 0.25) is 15.9 Å². The molecular formula is C13H27N3O3S. The summed E-state index contributed by atoms with van der Waals surface area (Å²) >= 11 is 0. The maximum atomic E-state index is 11.9. The van der Waals surface area contributed by atoms with Crippen LogP contribution in [0.4, 0.5) is 0 Å². The van der Waals surface area contributed by atoms with Crippen LogP contribution in [0.25, 0.3) is 0 Å². The van der Waals surface area contributed by atoms with Crippen molar-refractivity contribution in [3.63, 3.8) is 0 Å². The fourth-order valence-electron chi connectivity index (χ4n) is 2.25. The molecule has 0 aromatic heterocycles. The summed E-state index contributed by atoms with van der Waals surface area (Å²) in [5, 5.41) is 0. The first-order valence-corrected chi connectivity index (χ1v) is 9.13. The van der Waals surface area contributed by atoms with Gasteiger partial charge >= 0.3 is 0 Å². The zero-order valence-electron chi connectivity index (χ0n) is 12.3. The van der Waals surface area contributed by atoms with E-state index < -0.39 is 16.1 Å². The largest absolute Gasteiger partial charge is 0.341 e. The Morgan fingerprint density at radius 2 is 1.95 bits per heavy atom. The Hall–Kier alpha value is -0.660. The van der Waals surface area contributed by atoms with Crippen LogP contribution in [0.3, 0.4) is 0 Å². The molecule has 1 aliphatic heterocycles. The van der Waals surface area contributed by atoms with Gasteiger partial charge in [-0.3, -0.25) is 4.79 Å². The molecule has 1 amide bonds. The number of hydrogen-bond acceptors (Lipinski definition) is 4. The minimum absolute atomic E-state index is 0.00339. The summed E-state index contributed by atoms with van der Waals surface area (Å²) in [6, 6.07) is -0.506. The highest BCUT2D eigenvalue weighted by Gasteiger charge is 2.23. The highest BCUT2D eigenvalue weighted by atomic mass is 32.2. The Balaban J connectivity index is 2.18. The molecule has 1 rings (SSSR count). The molecule has 1 heterocycles. The van der Waals surface area contributed by atoms with Gasteiger partial charge < -0.3 is 10.6 Å². The second-order valence-electron chi connectivity index (χ2n) is 5.35. The van der Waals surface area contributed by atoms with Crippen molar-refractivity contribution in [2.45, 2.75) is 51.5 Å². The summed E-state index contributed by atoms with van der Waals surface area (Å²) in [5.41, 5.74) is 5.86. The molecule has 0 aromatic carbocycles. The Morgan fingerprint density at radius 1 is 1.30 bits per heavy atom. The second kappa shape index (κ2) is 8.59. The number of nitrogens with two attached hydrogens (primary N) is 1. The molecule has 118 valence electrons. The summed E-state index contributed by atoms with van der Waals surface area (Å²) < 4.78 is 25.7. The maximum absolute atomic E-state index is 11.9. The highest BCUT2D eigenvalue weighted by Crippen LogP contribution is 2.10. The van der Waals surface area contributed by atoms with Gasteiger partial charge in [-0.2, -0.15) is 0 Å². The summed E-state index contributed by atoms with van der Waals surface area (Å²) in [6.07, 6.45) is 4.74. The molecule has 0 aliphatic carbocycles. The number of nitrogens with one attached hydrogen (secondary N) is 1. The number of rotatable bonds is 9. The molecule has 0 radical (unpaired) electrons. The van der Waals surface area contributed by atoms with Crippen molar-refractivity contribution in [2.75, 3.05) is 25.4 Å². The summed E-state index contributed by atoms with van der Waals surface area (Å²) in [5.74, 6) is 0.166.